The third-order valence-corrected chi connectivity index (χ3v) is 4.26. The molecule has 2 nitrogen and oxygen atoms in total. The summed E-state index contributed by atoms with van der Waals surface area (Å²) in [7, 11) is 2.08. The van der Waals surface area contributed by atoms with Gasteiger partial charge in [-0.3, -0.25) is 0 Å². The van der Waals surface area contributed by atoms with E-state index in [2.05, 4.69) is 60.5 Å². The minimum Gasteiger partial charge on any atom is -0.373 e. The number of nitrogens with zero attached hydrogens (tertiary/aromatic N) is 2. The Kier molecular flexibility index (Phi) is 2.91. The minimum atomic E-state index is -0.111. The lowest BCUT2D eigenvalue weighted by atomic mass is 9.69. The van der Waals surface area contributed by atoms with Crippen LogP contribution in [0.4, 0.5) is 5.69 Å². The van der Waals surface area contributed by atoms with Gasteiger partial charge in [0, 0.05) is 19.3 Å². The van der Waals surface area contributed by atoms with Crippen LogP contribution in [0.3, 0.4) is 0 Å². The Bertz CT molecular complexity index is 635. The maximum atomic E-state index is 9.33. The summed E-state index contributed by atoms with van der Waals surface area (Å²) >= 11 is 0. The normalized spacial score (nSPS) is 16.6. The number of rotatable bonds is 3. The van der Waals surface area contributed by atoms with Crippen molar-refractivity contribution in [3.63, 3.8) is 0 Å². The van der Waals surface area contributed by atoms with Crippen LogP contribution in [0.1, 0.15) is 19.3 Å². The molecular weight excluding hydrogens is 232 g/mol. The van der Waals surface area contributed by atoms with Crippen LogP contribution in [-0.4, -0.2) is 13.6 Å². The van der Waals surface area contributed by atoms with Crippen LogP contribution in [0.15, 0.2) is 42.5 Å². The van der Waals surface area contributed by atoms with Gasteiger partial charge in [-0.1, -0.05) is 36.8 Å². The van der Waals surface area contributed by atoms with Crippen molar-refractivity contribution >= 4 is 16.5 Å². The van der Waals surface area contributed by atoms with E-state index in [0.717, 1.165) is 19.4 Å². The molecule has 0 N–H and O–H groups in total. The Morgan fingerprint density at radius 2 is 1.89 bits per heavy atom. The molecular formula is C17H18N2. The third-order valence-electron chi connectivity index (χ3n) is 4.26. The molecule has 0 radical (unpaired) electrons. The number of fused-ring (bicyclic) bond motifs is 1. The average molecular weight is 250 g/mol. The van der Waals surface area contributed by atoms with Crippen LogP contribution in [0.25, 0.3) is 10.8 Å². The van der Waals surface area contributed by atoms with Crippen LogP contribution in [0, 0.1) is 16.7 Å². The van der Waals surface area contributed by atoms with Crippen molar-refractivity contribution in [1.29, 1.82) is 5.26 Å². The fourth-order valence-corrected chi connectivity index (χ4v) is 2.87. The van der Waals surface area contributed by atoms with Crippen molar-refractivity contribution in [3.05, 3.63) is 42.5 Å². The minimum absolute atomic E-state index is 0.111. The van der Waals surface area contributed by atoms with Gasteiger partial charge in [0.25, 0.3) is 0 Å². The van der Waals surface area contributed by atoms with Crippen LogP contribution in [0.2, 0.25) is 0 Å². The molecule has 1 aliphatic carbocycles. The summed E-state index contributed by atoms with van der Waals surface area (Å²) in [5.41, 5.74) is 1.08. The first-order chi connectivity index (χ1) is 9.22. The Morgan fingerprint density at radius 1 is 1.16 bits per heavy atom. The largest absolute Gasteiger partial charge is 0.373 e. The van der Waals surface area contributed by atoms with E-state index in [1.165, 1.54) is 22.9 Å². The van der Waals surface area contributed by atoms with Gasteiger partial charge >= 0.3 is 0 Å². The zero-order valence-corrected chi connectivity index (χ0v) is 11.3. The van der Waals surface area contributed by atoms with Crippen molar-refractivity contribution in [3.8, 4) is 6.07 Å². The molecule has 3 rings (SSSR count). The number of benzene rings is 2. The summed E-state index contributed by atoms with van der Waals surface area (Å²) in [6, 6.07) is 17.4. The van der Waals surface area contributed by atoms with Crippen LogP contribution >= 0.6 is 0 Å². The summed E-state index contributed by atoms with van der Waals surface area (Å²) in [5.74, 6) is 0. The first-order valence-corrected chi connectivity index (χ1v) is 6.84. The van der Waals surface area contributed by atoms with Crippen molar-refractivity contribution < 1.29 is 0 Å². The smallest absolute Gasteiger partial charge is 0.0748 e. The predicted molar refractivity (Wildman–Crippen MR) is 79.1 cm³/mol. The highest BCUT2D eigenvalue weighted by Gasteiger charge is 2.38. The molecule has 0 saturated heterocycles. The molecule has 2 aromatic rings. The van der Waals surface area contributed by atoms with Gasteiger partial charge in [0.15, 0.2) is 0 Å². The molecule has 1 aliphatic rings. The Balaban J connectivity index is 1.85. The van der Waals surface area contributed by atoms with E-state index >= 15 is 0 Å². The predicted octanol–water partition coefficient (Wildman–Crippen LogP) is 3.97. The second-order valence-corrected chi connectivity index (χ2v) is 5.63. The standard InChI is InChI=1S/C17H18N2/c1-19(13-17(12-18)9-4-10-17)16-8-7-14-5-2-3-6-15(14)11-16/h2-3,5-8,11H,4,9-10,13H2,1H3. The molecule has 19 heavy (non-hydrogen) atoms. The van der Waals surface area contributed by atoms with Crippen LogP contribution in [0.5, 0.6) is 0 Å². The average Bonchev–Trinajstić information content (AvgIpc) is 2.42. The number of hydrogen-bond acceptors (Lipinski definition) is 2. The van der Waals surface area contributed by atoms with Gasteiger partial charge in [0.2, 0.25) is 0 Å². The molecule has 1 saturated carbocycles. The highest BCUT2D eigenvalue weighted by atomic mass is 15.1. The van der Waals surface area contributed by atoms with Crippen molar-refractivity contribution in [1.82, 2.24) is 0 Å². The maximum Gasteiger partial charge on any atom is 0.0748 e. The summed E-state index contributed by atoms with van der Waals surface area (Å²) in [5, 5.41) is 11.8. The monoisotopic (exact) mass is 250 g/mol. The second-order valence-electron chi connectivity index (χ2n) is 5.63. The molecule has 0 unspecified atom stereocenters. The molecule has 0 atom stereocenters. The van der Waals surface area contributed by atoms with E-state index in [4.69, 9.17) is 0 Å². The molecule has 1 fully saturated rings. The van der Waals surface area contributed by atoms with Gasteiger partial charge in [-0.25, -0.2) is 0 Å². The van der Waals surface area contributed by atoms with Gasteiger partial charge in [0.1, 0.15) is 0 Å². The highest BCUT2D eigenvalue weighted by molar-refractivity contribution is 5.85. The van der Waals surface area contributed by atoms with Crippen LogP contribution < -0.4 is 4.90 Å². The Labute approximate surface area is 114 Å². The number of anilines is 1. The van der Waals surface area contributed by atoms with Crippen molar-refractivity contribution in [2.75, 3.05) is 18.5 Å². The molecule has 2 heteroatoms. The molecule has 0 aliphatic heterocycles. The van der Waals surface area contributed by atoms with E-state index in [-0.39, 0.29) is 5.41 Å². The molecule has 0 amide bonds. The fraction of sp³-hybridized carbons (Fsp3) is 0.353. The fourth-order valence-electron chi connectivity index (χ4n) is 2.87. The molecule has 96 valence electrons. The molecule has 0 spiro atoms. The number of nitriles is 1. The van der Waals surface area contributed by atoms with Crippen LogP contribution in [-0.2, 0) is 0 Å². The van der Waals surface area contributed by atoms with E-state index < -0.39 is 0 Å². The van der Waals surface area contributed by atoms with E-state index in [0.29, 0.717) is 0 Å². The lowest BCUT2D eigenvalue weighted by Gasteiger charge is -2.39. The highest BCUT2D eigenvalue weighted by Crippen LogP contribution is 2.41. The molecule has 0 bridgehead atoms. The zero-order chi connectivity index (χ0) is 13.3. The SMILES string of the molecule is CN(CC1(C#N)CCC1)c1ccc2ccccc2c1. The maximum absolute atomic E-state index is 9.33. The topological polar surface area (TPSA) is 27.0 Å². The summed E-state index contributed by atoms with van der Waals surface area (Å²) in [6.07, 6.45) is 3.28. The van der Waals surface area contributed by atoms with E-state index in [1.807, 2.05) is 0 Å². The van der Waals surface area contributed by atoms with Gasteiger partial charge in [0.05, 0.1) is 11.5 Å². The Hall–Kier alpha value is -2.01. The summed E-state index contributed by atoms with van der Waals surface area (Å²) in [6.45, 7) is 0.835. The van der Waals surface area contributed by atoms with E-state index in [9.17, 15) is 5.26 Å². The zero-order valence-electron chi connectivity index (χ0n) is 11.3. The first-order valence-electron chi connectivity index (χ1n) is 6.84. The van der Waals surface area contributed by atoms with Gasteiger partial charge in [-0.2, -0.15) is 5.26 Å². The van der Waals surface area contributed by atoms with Gasteiger partial charge < -0.3 is 4.90 Å². The lowest BCUT2D eigenvalue weighted by molar-refractivity contribution is 0.223. The lowest BCUT2D eigenvalue weighted by Crippen LogP contribution is -2.39. The first kappa shape index (κ1) is 12.0. The summed E-state index contributed by atoms with van der Waals surface area (Å²) in [4.78, 5) is 2.22. The van der Waals surface area contributed by atoms with Crippen molar-refractivity contribution in [2.24, 2.45) is 5.41 Å². The third kappa shape index (κ3) is 2.17. The van der Waals surface area contributed by atoms with Gasteiger partial charge in [-0.15, -0.1) is 0 Å². The van der Waals surface area contributed by atoms with Gasteiger partial charge in [-0.05, 0) is 35.7 Å². The summed E-state index contributed by atoms with van der Waals surface area (Å²) < 4.78 is 0. The molecule has 2 aromatic carbocycles. The molecule has 0 aromatic heterocycles. The quantitative estimate of drug-likeness (QED) is 0.824. The second kappa shape index (κ2) is 4.59. The molecule has 0 heterocycles. The Morgan fingerprint density at radius 3 is 2.53 bits per heavy atom. The number of hydrogen-bond donors (Lipinski definition) is 0. The van der Waals surface area contributed by atoms with E-state index in [1.54, 1.807) is 0 Å². The van der Waals surface area contributed by atoms with Crippen molar-refractivity contribution in [2.45, 2.75) is 19.3 Å².